The first kappa shape index (κ1) is 17.2. The minimum atomic E-state index is 0.0247. The van der Waals surface area contributed by atoms with Crippen LogP contribution in [0.3, 0.4) is 0 Å². The molecule has 1 amide bonds. The van der Waals surface area contributed by atoms with Crippen molar-refractivity contribution in [2.75, 3.05) is 45.8 Å². The van der Waals surface area contributed by atoms with E-state index in [0.29, 0.717) is 6.04 Å². The largest absolute Gasteiger partial charge is 0.352 e. The molecule has 1 unspecified atom stereocenters. The van der Waals surface area contributed by atoms with Crippen LogP contribution >= 0.6 is 0 Å². The fraction of sp³-hybridized carbons (Fsp3) is 0.944. The van der Waals surface area contributed by atoms with Gasteiger partial charge in [0, 0.05) is 38.8 Å². The van der Waals surface area contributed by atoms with E-state index in [9.17, 15) is 4.79 Å². The molecule has 2 heterocycles. The fourth-order valence-corrected chi connectivity index (χ4v) is 4.32. The highest BCUT2D eigenvalue weighted by molar-refractivity contribution is 5.81. The van der Waals surface area contributed by atoms with Gasteiger partial charge < -0.3 is 15.5 Å². The molecule has 3 fully saturated rings. The Morgan fingerprint density at radius 3 is 2.39 bits per heavy atom. The number of rotatable bonds is 5. The lowest BCUT2D eigenvalue weighted by Crippen LogP contribution is -2.55. The molecule has 1 aliphatic carbocycles. The van der Waals surface area contributed by atoms with Crippen molar-refractivity contribution < 1.29 is 4.79 Å². The fourth-order valence-electron chi connectivity index (χ4n) is 4.32. The lowest BCUT2D eigenvalue weighted by molar-refractivity contribution is -0.127. The molecule has 23 heavy (non-hydrogen) atoms. The monoisotopic (exact) mass is 322 g/mol. The molecule has 5 nitrogen and oxygen atoms in total. The molecule has 3 rings (SSSR count). The molecule has 2 aliphatic heterocycles. The minimum Gasteiger partial charge on any atom is -0.352 e. The van der Waals surface area contributed by atoms with Gasteiger partial charge in [-0.1, -0.05) is 12.8 Å². The van der Waals surface area contributed by atoms with Gasteiger partial charge in [0.15, 0.2) is 0 Å². The Bertz CT molecular complexity index is 369. The van der Waals surface area contributed by atoms with Gasteiger partial charge in [-0.15, -0.1) is 0 Å². The standard InChI is InChI=1S/C18H34N4O/c1-15(18(23)20-17-4-2-3-5-17)22-12-10-21(11-13-22)14-16-6-8-19-9-7-16/h15-17,19H,2-14H2,1H3,(H,20,23). The van der Waals surface area contributed by atoms with E-state index in [4.69, 9.17) is 0 Å². The van der Waals surface area contributed by atoms with E-state index in [0.717, 1.165) is 32.1 Å². The zero-order valence-electron chi connectivity index (χ0n) is 14.7. The quantitative estimate of drug-likeness (QED) is 0.794. The average molecular weight is 322 g/mol. The molecular weight excluding hydrogens is 288 g/mol. The Morgan fingerprint density at radius 1 is 1.09 bits per heavy atom. The van der Waals surface area contributed by atoms with E-state index in [2.05, 4.69) is 27.4 Å². The Hall–Kier alpha value is -0.650. The number of amides is 1. The average Bonchev–Trinajstić information content (AvgIpc) is 3.09. The van der Waals surface area contributed by atoms with E-state index in [1.807, 2.05) is 0 Å². The Kier molecular flexibility index (Phi) is 6.31. The molecule has 1 atom stereocenters. The first-order valence-corrected chi connectivity index (χ1v) is 9.70. The minimum absolute atomic E-state index is 0.0247. The summed E-state index contributed by atoms with van der Waals surface area (Å²) in [6, 6.07) is 0.461. The molecule has 0 spiro atoms. The SMILES string of the molecule is CC(C(=O)NC1CCCC1)N1CCN(CC2CCNCC2)CC1. The first-order valence-electron chi connectivity index (χ1n) is 9.70. The van der Waals surface area contributed by atoms with E-state index in [1.165, 1.54) is 58.2 Å². The Morgan fingerprint density at radius 2 is 1.74 bits per heavy atom. The third-order valence-corrected chi connectivity index (χ3v) is 6.01. The number of nitrogens with zero attached hydrogens (tertiary/aromatic N) is 2. The Labute approximate surface area is 141 Å². The van der Waals surface area contributed by atoms with Crippen molar-refractivity contribution >= 4 is 5.91 Å². The van der Waals surface area contributed by atoms with Crippen LogP contribution in [0.2, 0.25) is 0 Å². The molecule has 3 aliphatic rings. The van der Waals surface area contributed by atoms with Gasteiger partial charge in [-0.3, -0.25) is 9.69 Å². The van der Waals surface area contributed by atoms with Crippen molar-refractivity contribution in [1.29, 1.82) is 0 Å². The van der Waals surface area contributed by atoms with Crippen LogP contribution in [-0.2, 0) is 4.79 Å². The molecule has 0 aromatic carbocycles. The maximum absolute atomic E-state index is 12.4. The van der Waals surface area contributed by atoms with Crippen LogP contribution in [0, 0.1) is 5.92 Å². The maximum atomic E-state index is 12.4. The summed E-state index contributed by atoms with van der Waals surface area (Å²) in [7, 11) is 0. The van der Waals surface area contributed by atoms with Gasteiger partial charge in [-0.2, -0.15) is 0 Å². The molecule has 0 radical (unpaired) electrons. The molecule has 0 aromatic rings. The number of hydrogen-bond acceptors (Lipinski definition) is 4. The predicted octanol–water partition coefficient (Wildman–Crippen LogP) is 1.05. The molecule has 132 valence electrons. The smallest absolute Gasteiger partial charge is 0.237 e. The van der Waals surface area contributed by atoms with Gasteiger partial charge in [0.2, 0.25) is 5.91 Å². The predicted molar refractivity (Wildman–Crippen MR) is 93.5 cm³/mol. The van der Waals surface area contributed by atoms with Crippen molar-refractivity contribution in [1.82, 2.24) is 20.4 Å². The topological polar surface area (TPSA) is 47.6 Å². The lowest BCUT2D eigenvalue weighted by atomic mass is 9.97. The van der Waals surface area contributed by atoms with Crippen molar-refractivity contribution in [2.45, 2.75) is 57.5 Å². The van der Waals surface area contributed by atoms with Crippen molar-refractivity contribution in [3.63, 3.8) is 0 Å². The second-order valence-electron chi connectivity index (χ2n) is 7.70. The van der Waals surface area contributed by atoms with E-state index < -0.39 is 0 Å². The summed E-state index contributed by atoms with van der Waals surface area (Å²) in [5, 5.41) is 6.70. The normalized spacial score (nSPS) is 27.2. The molecule has 5 heteroatoms. The molecule has 1 saturated carbocycles. The molecule has 0 aromatic heterocycles. The van der Waals surface area contributed by atoms with Gasteiger partial charge in [0.05, 0.1) is 6.04 Å². The number of carbonyl (C=O) groups is 1. The zero-order valence-corrected chi connectivity index (χ0v) is 14.7. The molecule has 2 N–H and O–H groups in total. The van der Waals surface area contributed by atoms with Gasteiger partial charge in [-0.05, 0) is 51.6 Å². The summed E-state index contributed by atoms with van der Waals surface area (Å²) in [5.41, 5.74) is 0. The van der Waals surface area contributed by atoms with Gasteiger partial charge in [0.1, 0.15) is 0 Å². The second kappa shape index (κ2) is 8.45. The van der Waals surface area contributed by atoms with Crippen LogP contribution in [0.25, 0.3) is 0 Å². The highest BCUT2D eigenvalue weighted by atomic mass is 16.2. The summed E-state index contributed by atoms with van der Waals surface area (Å²) in [5.74, 6) is 1.11. The highest BCUT2D eigenvalue weighted by Crippen LogP contribution is 2.19. The van der Waals surface area contributed by atoms with Crippen molar-refractivity contribution in [2.24, 2.45) is 5.92 Å². The molecule has 2 saturated heterocycles. The number of hydrogen-bond donors (Lipinski definition) is 2. The van der Waals surface area contributed by atoms with Crippen LogP contribution in [0.15, 0.2) is 0 Å². The zero-order chi connectivity index (χ0) is 16.1. The van der Waals surface area contributed by atoms with Crippen LogP contribution < -0.4 is 10.6 Å². The summed E-state index contributed by atoms with van der Waals surface area (Å²) >= 11 is 0. The van der Waals surface area contributed by atoms with E-state index in [1.54, 1.807) is 0 Å². The van der Waals surface area contributed by atoms with Crippen LogP contribution in [0.4, 0.5) is 0 Å². The number of piperidine rings is 1. The molecule has 0 bridgehead atoms. The van der Waals surface area contributed by atoms with Gasteiger partial charge >= 0.3 is 0 Å². The van der Waals surface area contributed by atoms with Crippen molar-refractivity contribution in [3.05, 3.63) is 0 Å². The van der Waals surface area contributed by atoms with E-state index in [-0.39, 0.29) is 11.9 Å². The Balaban J connectivity index is 1.38. The van der Waals surface area contributed by atoms with E-state index >= 15 is 0 Å². The lowest BCUT2D eigenvalue weighted by Gasteiger charge is -2.39. The summed E-state index contributed by atoms with van der Waals surface area (Å²) < 4.78 is 0. The summed E-state index contributed by atoms with van der Waals surface area (Å²) in [6.07, 6.45) is 7.52. The summed E-state index contributed by atoms with van der Waals surface area (Å²) in [4.78, 5) is 17.4. The first-order chi connectivity index (χ1) is 11.2. The third kappa shape index (κ3) is 4.91. The maximum Gasteiger partial charge on any atom is 0.237 e. The van der Waals surface area contributed by atoms with Crippen LogP contribution in [-0.4, -0.2) is 73.6 Å². The second-order valence-corrected chi connectivity index (χ2v) is 7.70. The van der Waals surface area contributed by atoms with Gasteiger partial charge in [-0.25, -0.2) is 0 Å². The van der Waals surface area contributed by atoms with Crippen LogP contribution in [0.5, 0.6) is 0 Å². The molecular formula is C18H34N4O. The van der Waals surface area contributed by atoms with Crippen molar-refractivity contribution in [3.8, 4) is 0 Å². The highest BCUT2D eigenvalue weighted by Gasteiger charge is 2.28. The third-order valence-electron chi connectivity index (χ3n) is 6.01. The summed E-state index contributed by atoms with van der Waals surface area (Å²) in [6.45, 7) is 9.99. The number of piperazine rings is 1. The van der Waals surface area contributed by atoms with Gasteiger partial charge in [0.25, 0.3) is 0 Å². The number of nitrogens with one attached hydrogen (secondary N) is 2. The van der Waals surface area contributed by atoms with Crippen LogP contribution in [0.1, 0.15) is 45.4 Å². The number of carbonyl (C=O) groups excluding carboxylic acids is 1.